The van der Waals surface area contributed by atoms with E-state index in [4.69, 9.17) is 4.74 Å². The van der Waals surface area contributed by atoms with Crippen LogP contribution in [0.5, 0.6) is 0 Å². The molecule has 0 unspecified atom stereocenters. The van der Waals surface area contributed by atoms with E-state index in [0.717, 1.165) is 33.3 Å². The number of benzene rings is 1. The summed E-state index contributed by atoms with van der Waals surface area (Å²) in [6, 6.07) is 5.12. The number of carbonyl (C=O) groups is 3. The van der Waals surface area contributed by atoms with Crippen LogP contribution < -0.4 is 15.5 Å². The topological polar surface area (TPSA) is 104 Å². The molecule has 29 heavy (non-hydrogen) atoms. The van der Waals surface area contributed by atoms with Gasteiger partial charge >= 0.3 is 6.03 Å². The molecule has 4 amide bonds. The van der Waals surface area contributed by atoms with Gasteiger partial charge in [0, 0.05) is 31.7 Å². The van der Waals surface area contributed by atoms with Crippen LogP contribution in [-0.4, -0.2) is 66.1 Å². The third-order valence-electron chi connectivity index (χ3n) is 4.95. The Labute approximate surface area is 172 Å². The molecule has 2 aliphatic heterocycles. The standard InChI is InChI=1S/C19H23N5O4S/c1-19(2)16(26)24(17(27)22-19)6-5-15(25)20-12-3-4-13-14(11-12)29-18(21-13)23-7-9-28-10-8-23/h3-4,11H,5-10H2,1-2H3,(H,20,25)(H,22,27). The zero-order valence-corrected chi connectivity index (χ0v) is 17.2. The van der Waals surface area contributed by atoms with Crippen LogP contribution in [-0.2, 0) is 14.3 Å². The molecule has 154 valence electrons. The summed E-state index contributed by atoms with van der Waals surface area (Å²) in [7, 11) is 0. The van der Waals surface area contributed by atoms with Crippen molar-refractivity contribution < 1.29 is 19.1 Å². The molecule has 1 aromatic carbocycles. The molecule has 4 rings (SSSR count). The maximum absolute atomic E-state index is 12.3. The third-order valence-corrected chi connectivity index (χ3v) is 6.03. The maximum atomic E-state index is 12.3. The van der Waals surface area contributed by atoms with Crippen LogP contribution in [0.1, 0.15) is 20.3 Å². The summed E-state index contributed by atoms with van der Waals surface area (Å²) >= 11 is 1.58. The second kappa shape index (κ2) is 7.60. The molecule has 1 aromatic heterocycles. The van der Waals surface area contributed by atoms with Crippen molar-refractivity contribution in [2.75, 3.05) is 43.1 Å². The van der Waals surface area contributed by atoms with Crippen molar-refractivity contribution in [2.45, 2.75) is 25.8 Å². The van der Waals surface area contributed by atoms with Crippen molar-refractivity contribution in [1.29, 1.82) is 0 Å². The van der Waals surface area contributed by atoms with Gasteiger partial charge in [0.15, 0.2) is 5.13 Å². The SMILES string of the molecule is CC1(C)NC(=O)N(CCC(=O)Nc2ccc3nc(N4CCOCC4)sc3c2)C1=O. The van der Waals surface area contributed by atoms with E-state index in [0.29, 0.717) is 18.9 Å². The van der Waals surface area contributed by atoms with Gasteiger partial charge in [-0.3, -0.25) is 14.5 Å². The van der Waals surface area contributed by atoms with E-state index in [1.165, 1.54) is 0 Å². The molecule has 10 heteroatoms. The van der Waals surface area contributed by atoms with Gasteiger partial charge in [-0.25, -0.2) is 9.78 Å². The Kier molecular flexibility index (Phi) is 5.13. The quantitative estimate of drug-likeness (QED) is 0.719. The first-order valence-corrected chi connectivity index (χ1v) is 10.3. The van der Waals surface area contributed by atoms with Gasteiger partial charge in [-0.2, -0.15) is 0 Å². The monoisotopic (exact) mass is 417 g/mol. The van der Waals surface area contributed by atoms with E-state index < -0.39 is 11.6 Å². The molecule has 0 aliphatic carbocycles. The molecule has 0 saturated carbocycles. The molecule has 0 atom stereocenters. The zero-order chi connectivity index (χ0) is 20.6. The van der Waals surface area contributed by atoms with E-state index in [1.807, 2.05) is 12.1 Å². The summed E-state index contributed by atoms with van der Waals surface area (Å²) in [4.78, 5) is 44.3. The Hall–Kier alpha value is -2.72. The highest BCUT2D eigenvalue weighted by molar-refractivity contribution is 7.22. The fourth-order valence-electron chi connectivity index (χ4n) is 3.34. The largest absolute Gasteiger partial charge is 0.378 e. The minimum Gasteiger partial charge on any atom is -0.378 e. The Bertz CT molecular complexity index is 967. The number of anilines is 2. The molecule has 3 heterocycles. The number of rotatable bonds is 5. The molecule has 2 N–H and O–H groups in total. The van der Waals surface area contributed by atoms with Crippen molar-refractivity contribution in [1.82, 2.24) is 15.2 Å². The van der Waals surface area contributed by atoms with E-state index in [1.54, 1.807) is 31.3 Å². The number of aromatic nitrogens is 1. The summed E-state index contributed by atoms with van der Waals surface area (Å²) < 4.78 is 6.37. The third kappa shape index (κ3) is 4.03. The second-order valence-electron chi connectivity index (χ2n) is 7.59. The number of nitrogens with zero attached hydrogens (tertiary/aromatic N) is 3. The summed E-state index contributed by atoms with van der Waals surface area (Å²) in [5.41, 5.74) is 0.622. The van der Waals surface area contributed by atoms with Crippen LogP contribution in [0.25, 0.3) is 10.2 Å². The summed E-state index contributed by atoms with van der Waals surface area (Å²) in [5.74, 6) is -0.579. The smallest absolute Gasteiger partial charge is 0.325 e. The lowest BCUT2D eigenvalue weighted by atomic mass is 10.1. The maximum Gasteiger partial charge on any atom is 0.325 e. The van der Waals surface area contributed by atoms with E-state index >= 15 is 0 Å². The molecular formula is C19H23N5O4S. The van der Waals surface area contributed by atoms with Gasteiger partial charge in [0.05, 0.1) is 23.4 Å². The molecule has 0 radical (unpaired) electrons. The average molecular weight is 417 g/mol. The van der Waals surface area contributed by atoms with Crippen molar-refractivity contribution in [3.05, 3.63) is 18.2 Å². The van der Waals surface area contributed by atoms with Crippen LogP contribution in [0.4, 0.5) is 15.6 Å². The predicted molar refractivity (Wildman–Crippen MR) is 110 cm³/mol. The Morgan fingerprint density at radius 1 is 1.31 bits per heavy atom. The van der Waals surface area contributed by atoms with Crippen molar-refractivity contribution in [3.8, 4) is 0 Å². The number of thiazole rings is 1. The highest BCUT2D eigenvalue weighted by atomic mass is 32.1. The molecular weight excluding hydrogens is 394 g/mol. The average Bonchev–Trinajstić information content (AvgIpc) is 3.19. The molecule has 2 aliphatic rings. The first kappa shape index (κ1) is 19.6. The predicted octanol–water partition coefficient (Wildman–Crippen LogP) is 1.79. The van der Waals surface area contributed by atoms with Crippen molar-refractivity contribution >= 4 is 50.2 Å². The van der Waals surface area contributed by atoms with E-state index in [-0.39, 0.29) is 24.8 Å². The summed E-state index contributed by atoms with van der Waals surface area (Å²) in [5, 5.41) is 6.39. The van der Waals surface area contributed by atoms with Crippen LogP contribution in [0.2, 0.25) is 0 Å². The number of nitrogens with one attached hydrogen (secondary N) is 2. The van der Waals surface area contributed by atoms with Crippen LogP contribution in [0, 0.1) is 0 Å². The molecule has 2 saturated heterocycles. The number of fused-ring (bicyclic) bond motifs is 1. The number of imide groups is 1. The van der Waals surface area contributed by atoms with Gasteiger partial charge < -0.3 is 20.3 Å². The lowest BCUT2D eigenvalue weighted by molar-refractivity contribution is -0.130. The van der Waals surface area contributed by atoms with Gasteiger partial charge in [-0.1, -0.05) is 11.3 Å². The molecule has 2 fully saturated rings. The fourth-order valence-corrected chi connectivity index (χ4v) is 4.39. The first-order chi connectivity index (χ1) is 13.8. The zero-order valence-electron chi connectivity index (χ0n) is 16.4. The molecule has 0 spiro atoms. The number of amides is 4. The summed E-state index contributed by atoms with van der Waals surface area (Å²) in [6.45, 7) is 6.37. The first-order valence-electron chi connectivity index (χ1n) is 9.51. The number of hydrogen-bond donors (Lipinski definition) is 2. The number of morpholine rings is 1. The lowest BCUT2D eigenvalue weighted by Gasteiger charge is -2.25. The van der Waals surface area contributed by atoms with Crippen LogP contribution >= 0.6 is 11.3 Å². The van der Waals surface area contributed by atoms with Crippen LogP contribution in [0.15, 0.2) is 18.2 Å². The minimum absolute atomic E-state index is 0.0367. The van der Waals surface area contributed by atoms with E-state index in [9.17, 15) is 14.4 Å². The normalized spacial score (nSPS) is 19.0. The van der Waals surface area contributed by atoms with Crippen molar-refractivity contribution in [3.63, 3.8) is 0 Å². The van der Waals surface area contributed by atoms with E-state index in [2.05, 4.69) is 20.5 Å². The van der Waals surface area contributed by atoms with Crippen molar-refractivity contribution in [2.24, 2.45) is 0 Å². The Balaban J connectivity index is 1.38. The minimum atomic E-state index is -0.928. The Morgan fingerprint density at radius 2 is 2.07 bits per heavy atom. The molecule has 9 nitrogen and oxygen atoms in total. The highest BCUT2D eigenvalue weighted by Crippen LogP contribution is 2.31. The fraction of sp³-hybridized carbons (Fsp3) is 0.474. The Morgan fingerprint density at radius 3 is 2.76 bits per heavy atom. The van der Waals surface area contributed by atoms with Crippen LogP contribution in [0.3, 0.4) is 0 Å². The number of ether oxygens (including phenoxy) is 1. The molecule has 2 aromatic rings. The van der Waals surface area contributed by atoms with Gasteiger partial charge in [-0.05, 0) is 32.0 Å². The summed E-state index contributed by atoms with van der Waals surface area (Å²) in [6.07, 6.45) is 0.0367. The van der Waals surface area contributed by atoms with Gasteiger partial charge in [0.25, 0.3) is 5.91 Å². The van der Waals surface area contributed by atoms with Gasteiger partial charge in [0.1, 0.15) is 5.54 Å². The highest BCUT2D eigenvalue weighted by Gasteiger charge is 2.43. The lowest BCUT2D eigenvalue weighted by Crippen LogP contribution is -2.40. The van der Waals surface area contributed by atoms with Gasteiger partial charge in [0.2, 0.25) is 5.91 Å². The van der Waals surface area contributed by atoms with Gasteiger partial charge in [-0.15, -0.1) is 0 Å². The second-order valence-corrected chi connectivity index (χ2v) is 8.60. The number of hydrogen-bond acceptors (Lipinski definition) is 7. The number of carbonyl (C=O) groups excluding carboxylic acids is 3. The number of urea groups is 1. The molecule has 0 bridgehead atoms.